The molecule has 4 rings (SSSR count). The van der Waals surface area contributed by atoms with Crippen LogP contribution in [0.1, 0.15) is 5.69 Å². The van der Waals surface area contributed by atoms with Crippen LogP contribution in [-0.4, -0.2) is 56.3 Å². The fourth-order valence-electron chi connectivity index (χ4n) is 3.17. The molecule has 1 saturated heterocycles. The minimum Gasteiger partial charge on any atom is -0.394 e. The number of hydrogen-bond acceptors (Lipinski definition) is 8. The molecule has 4 atom stereocenters. The number of nitrogens with zero attached hydrogens (tertiary/aromatic N) is 3. The molecule has 7 nitrogen and oxygen atoms in total. The Labute approximate surface area is 154 Å². The second-order valence-electron chi connectivity index (χ2n) is 6.24. The Morgan fingerprint density at radius 1 is 1.00 bits per heavy atom. The molecule has 1 aromatic carbocycles. The Hall–Kier alpha value is -1.84. The summed E-state index contributed by atoms with van der Waals surface area (Å²) in [5, 5.41) is 31.5. The zero-order chi connectivity index (χ0) is 18.1. The van der Waals surface area contributed by atoms with E-state index in [1.807, 2.05) is 42.5 Å². The summed E-state index contributed by atoms with van der Waals surface area (Å²) in [5.74, 6) is 0.508. The summed E-state index contributed by atoms with van der Waals surface area (Å²) in [6.07, 6.45) is -2.42. The van der Waals surface area contributed by atoms with Gasteiger partial charge in [0.2, 0.25) is 4.99 Å². The maximum Gasteiger partial charge on any atom is 0.227 e. The second-order valence-corrected chi connectivity index (χ2v) is 7.42. The van der Waals surface area contributed by atoms with Crippen LogP contribution in [-0.2, 0) is 10.5 Å². The molecule has 0 spiro atoms. The van der Waals surface area contributed by atoms with Gasteiger partial charge >= 0.3 is 0 Å². The van der Waals surface area contributed by atoms with E-state index in [1.165, 1.54) is 11.8 Å². The van der Waals surface area contributed by atoms with Gasteiger partial charge in [0.25, 0.3) is 0 Å². The van der Waals surface area contributed by atoms with Gasteiger partial charge in [-0.1, -0.05) is 30.0 Å². The molecule has 2 aromatic rings. The first-order valence-electron chi connectivity index (χ1n) is 8.34. The van der Waals surface area contributed by atoms with E-state index in [1.54, 1.807) is 6.20 Å². The van der Waals surface area contributed by atoms with E-state index in [9.17, 15) is 15.3 Å². The molecule has 1 fully saturated rings. The van der Waals surface area contributed by atoms with Crippen molar-refractivity contribution in [1.29, 1.82) is 0 Å². The first-order chi connectivity index (χ1) is 12.6. The quantitative estimate of drug-likeness (QED) is 0.646. The van der Waals surface area contributed by atoms with Gasteiger partial charge in [0.05, 0.1) is 23.0 Å². The van der Waals surface area contributed by atoms with Crippen LogP contribution >= 0.6 is 11.8 Å². The summed E-state index contributed by atoms with van der Waals surface area (Å²) < 4.78 is 5.76. The van der Waals surface area contributed by atoms with Crippen molar-refractivity contribution in [3.05, 3.63) is 65.1 Å². The molecular formula is C18H19N3O4S. The molecule has 0 bridgehead atoms. The standard InChI is InChI=1S/C18H19N3O4S/c22-9-14-15(23)16(24)17(25-14)18(26-10-11-5-3-4-8-19-11)20-12-6-1-2-7-13(12)21-18/h1-8,14-17,22-24H,9-10H2. The van der Waals surface area contributed by atoms with E-state index in [2.05, 4.69) is 4.98 Å². The highest BCUT2D eigenvalue weighted by atomic mass is 32.2. The van der Waals surface area contributed by atoms with Gasteiger partial charge in [-0.3, -0.25) is 4.98 Å². The molecule has 136 valence electrons. The van der Waals surface area contributed by atoms with Crippen molar-refractivity contribution in [3.8, 4) is 0 Å². The number of rotatable bonds is 5. The lowest BCUT2D eigenvalue weighted by Gasteiger charge is -2.30. The zero-order valence-electron chi connectivity index (χ0n) is 13.8. The zero-order valence-corrected chi connectivity index (χ0v) is 14.7. The molecule has 0 aliphatic carbocycles. The predicted octanol–water partition coefficient (Wildman–Crippen LogP) is -0.597. The molecule has 1 aromatic heterocycles. The number of thioether (sulfide) groups is 1. The predicted molar refractivity (Wildman–Crippen MR) is 94.8 cm³/mol. The lowest BCUT2D eigenvalue weighted by atomic mass is 10.1. The molecule has 3 N–H and O–H groups in total. The van der Waals surface area contributed by atoms with Crippen molar-refractivity contribution in [2.75, 3.05) is 6.61 Å². The summed E-state index contributed by atoms with van der Waals surface area (Å²) in [5.41, 5.74) is 0.852. The molecular weight excluding hydrogens is 354 g/mol. The van der Waals surface area contributed by atoms with Crippen molar-refractivity contribution >= 4 is 11.8 Å². The number of aliphatic hydroxyl groups excluding tert-OH is 3. The fourth-order valence-corrected chi connectivity index (χ4v) is 4.39. The maximum absolute atomic E-state index is 10.5. The van der Waals surface area contributed by atoms with E-state index in [0.29, 0.717) is 16.5 Å². The fraction of sp³-hybridized carbons (Fsp3) is 0.389. The number of benzene rings is 1. The molecule has 0 amide bonds. The van der Waals surface area contributed by atoms with E-state index in [-0.39, 0.29) is 6.61 Å². The topological polar surface area (TPSA) is 108 Å². The summed E-state index contributed by atoms with van der Waals surface area (Å²) in [7, 11) is 0. The normalized spacial score (nSPS) is 29.0. The maximum atomic E-state index is 10.5. The van der Waals surface area contributed by atoms with Gasteiger partial charge in [0.1, 0.15) is 24.4 Å². The van der Waals surface area contributed by atoms with Gasteiger partial charge in [-0.2, -0.15) is 0 Å². The molecule has 4 unspecified atom stereocenters. The van der Waals surface area contributed by atoms with Crippen molar-refractivity contribution in [3.63, 3.8) is 0 Å². The number of ether oxygens (including phenoxy) is 1. The summed E-state index contributed by atoms with van der Waals surface area (Å²) in [6.45, 7) is -0.386. The minimum atomic E-state index is -1.20. The van der Waals surface area contributed by atoms with Crippen LogP contribution in [0.5, 0.6) is 0 Å². The van der Waals surface area contributed by atoms with Crippen LogP contribution in [0, 0.1) is 0 Å². The monoisotopic (exact) mass is 373 g/mol. The Balaban J connectivity index is 1.70. The van der Waals surface area contributed by atoms with Gasteiger partial charge in [-0.05, 0) is 24.3 Å². The molecule has 26 heavy (non-hydrogen) atoms. The summed E-state index contributed by atoms with van der Waals surface area (Å²) in [6, 6.07) is 13.1. The lowest BCUT2D eigenvalue weighted by molar-refractivity contribution is -0.0331. The van der Waals surface area contributed by atoms with Gasteiger partial charge in [-0.15, -0.1) is 0 Å². The average molecular weight is 373 g/mol. The Morgan fingerprint density at radius 2 is 1.69 bits per heavy atom. The van der Waals surface area contributed by atoms with Crippen molar-refractivity contribution in [2.24, 2.45) is 9.98 Å². The van der Waals surface area contributed by atoms with Crippen molar-refractivity contribution in [2.45, 2.75) is 35.2 Å². The van der Waals surface area contributed by atoms with E-state index in [0.717, 1.165) is 5.69 Å². The first kappa shape index (κ1) is 17.6. The van der Waals surface area contributed by atoms with Crippen LogP contribution < -0.4 is 10.7 Å². The smallest absolute Gasteiger partial charge is 0.227 e. The largest absolute Gasteiger partial charge is 0.394 e. The number of aromatic nitrogens is 1. The average Bonchev–Trinajstić information content (AvgIpc) is 3.20. The highest BCUT2D eigenvalue weighted by Crippen LogP contribution is 2.42. The Kier molecular flexibility index (Phi) is 4.76. The van der Waals surface area contributed by atoms with Gasteiger partial charge in [0, 0.05) is 11.9 Å². The van der Waals surface area contributed by atoms with E-state index < -0.39 is 29.4 Å². The number of hydrogen-bond donors (Lipinski definition) is 3. The Morgan fingerprint density at radius 3 is 2.27 bits per heavy atom. The molecule has 0 radical (unpaired) electrons. The van der Waals surface area contributed by atoms with Crippen molar-refractivity contribution in [1.82, 2.24) is 4.98 Å². The molecule has 2 aliphatic heterocycles. The van der Waals surface area contributed by atoms with E-state index >= 15 is 0 Å². The van der Waals surface area contributed by atoms with E-state index in [4.69, 9.17) is 14.7 Å². The Bertz CT molecular complexity index is 860. The van der Waals surface area contributed by atoms with Crippen LogP contribution in [0.2, 0.25) is 0 Å². The van der Waals surface area contributed by atoms with Crippen LogP contribution in [0.4, 0.5) is 0 Å². The highest BCUT2D eigenvalue weighted by molar-refractivity contribution is 7.99. The van der Waals surface area contributed by atoms with Crippen molar-refractivity contribution < 1.29 is 20.1 Å². The molecule has 0 saturated carbocycles. The van der Waals surface area contributed by atoms with Crippen LogP contribution in [0.3, 0.4) is 0 Å². The number of fused-ring (bicyclic) bond motifs is 1. The number of para-hydroxylation sites is 2. The summed E-state index contributed by atoms with van der Waals surface area (Å²) >= 11 is 1.38. The van der Waals surface area contributed by atoms with Crippen LogP contribution in [0.25, 0.3) is 0 Å². The van der Waals surface area contributed by atoms with Gasteiger partial charge < -0.3 is 20.1 Å². The minimum absolute atomic E-state index is 0.386. The number of aliphatic hydroxyl groups is 3. The van der Waals surface area contributed by atoms with Gasteiger partial charge in [-0.25, -0.2) is 9.98 Å². The SMILES string of the molecule is OCC1OC(C2(SCc3ccccn3)N=c3ccccc3=N2)C(O)C1O. The highest BCUT2D eigenvalue weighted by Gasteiger charge is 2.54. The third-order valence-electron chi connectivity index (χ3n) is 4.51. The third-order valence-corrected chi connectivity index (χ3v) is 5.79. The molecule has 8 heteroatoms. The first-order valence-corrected chi connectivity index (χ1v) is 9.33. The van der Waals surface area contributed by atoms with Crippen LogP contribution in [0.15, 0.2) is 58.6 Å². The summed E-state index contributed by atoms with van der Waals surface area (Å²) in [4.78, 5) is 12.6. The molecule has 2 aliphatic rings. The lowest BCUT2D eigenvalue weighted by Crippen LogP contribution is -2.44. The molecule has 3 heterocycles. The third kappa shape index (κ3) is 3.04. The second kappa shape index (κ2) is 7.05. The number of pyridine rings is 1. The van der Waals surface area contributed by atoms with Gasteiger partial charge in [0.15, 0.2) is 0 Å².